The van der Waals surface area contributed by atoms with Crippen LogP contribution in [0.3, 0.4) is 0 Å². The first-order chi connectivity index (χ1) is 22.0. The Balaban J connectivity index is 1.16. The number of fused-ring (bicyclic) bond motifs is 1. The van der Waals surface area contributed by atoms with Crippen LogP contribution in [0.5, 0.6) is 0 Å². The number of aromatic amines is 1. The van der Waals surface area contributed by atoms with E-state index in [1.807, 2.05) is 42.1 Å². The molecule has 0 atom stereocenters. The lowest BCUT2D eigenvalue weighted by atomic mass is 10.1. The predicted molar refractivity (Wildman–Crippen MR) is 175 cm³/mol. The summed E-state index contributed by atoms with van der Waals surface area (Å²) in [5.74, 6) is 3.28. The Bertz CT molecular complexity index is 1750. The lowest BCUT2D eigenvalue weighted by Crippen LogP contribution is -2.37. The average Bonchev–Trinajstić information content (AvgIpc) is 3.70. The van der Waals surface area contributed by atoms with Gasteiger partial charge in [-0.15, -0.1) is 0 Å². The molecule has 45 heavy (non-hydrogen) atoms. The highest BCUT2D eigenvalue weighted by atomic mass is 16.5. The first kappa shape index (κ1) is 29.3. The Kier molecular flexibility index (Phi) is 8.42. The lowest BCUT2D eigenvalue weighted by Gasteiger charge is -2.27. The summed E-state index contributed by atoms with van der Waals surface area (Å²) in [7, 11) is 2.02. The van der Waals surface area contributed by atoms with Gasteiger partial charge in [-0.05, 0) is 30.3 Å². The third kappa shape index (κ3) is 6.53. The quantitative estimate of drug-likeness (QED) is 0.249. The van der Waals surface area contributed by atoms with Crippen molar-refractivity contribution in [3.05, 3.63) is 60.0 Å². The van der Waals surface area contributed by atoms with E-state index in [2.05, 4.69) is 62.3 Å². The Morgan fingerprint density at radius 3 is 2.33 bits per heavy atom. The second kappa shape index (κ2) is 12.9. The van der Waals surface area contributed by atoms with Crippen LogP contribution in [0.4, 0.5) is 17.5 Å². The van der Waals surface area contributed by atoms with Crippen LogP contribution < -0.4 is 10.2 Å². The largest absolute Gasteiger partial charge is 0.379 e. The molecule has 0 amide bonds. The maximum Gasteiger partial charge on any atom is 0.228 e. The van der Waals surface area contributed by atoms with Crippen molar-refractivity contribution in [3.63, 3.8) is 0 Å². The maximum atomic E-state index is 5.60. The van der Waals surface area contributed by atoms with Gasteiger partial charge in [0, 0.05) is 80.4 Å². The highest BCUT2D eigenvalue weighted by Crippen LogP contribution is 2.30. The van der Waals surface area contributed by atoms with Crippen LogP contribution in [0.2, 0.25) is 0 Å². The topological polar surface area (TPSA) is 122 Å². The van der Waals surface area contributed by atoms with Gasteiger partial charge < -0.3 is 19.7 Å². The van der Waals surface area contributed by atoms with Gasteiger partial charge in [-0.2, -0.15) is 15.2 Å². The normalized spacial score (nSPS) is 16.1. The van der Waals surface area contributed by atoms with Crippen LogP contribution in [0.25, 0.3) is 33.5 Å². The Morgan fingerprint density at radius 2 is 1.60 bits per heavy atom. The minimum absolute atomic E-state index is 0.292. The number of aryl methyl sites for hydroxylation is 1. The lowest BCUT2D eigenvalue weighted by molar-refractivity contribution is 0.0383. The molecule has 5 aromatic rings. The minimum Gasteiger partial charge on any atom is -0.379 e. The molecule has 2 aliphatic heterocycles. The van der Waals surface area contributed by atoms with Crippen molar-refractivity contribution >= 4 is 28.4 Å². The number of nitrogens with zero attached hydrogens (tertiary/aromatic N) is 8. The SMILES string of the molecule is CC(C)c1nc(-c2ccc(Nc3cc(-c4ccc5c(CCN6CCOCC6)nn(C)c5c4)nc(N4CCOCC4)n3)cc2)n[nH]1. The molecule has 12 heteroatoms. The minimum atomic E-state index is 0.292. The van der Waals surface area contributed by atoms with E-state index in [1.54, 1.807) is 0 Å². The summed E-state index contributed by atoms with van der Waals surface area (Å²) in [5.41, 5.74) is 5.96. The van der Waals surface area contributed by atoms with Gasteiger partial charge in [0.1, 0.15) is 11.6 Å². The van der Waals surface area contributed by atoms with Crippen LogP contribution >= 0.6 is 0 Å². The fraction of sp³-hybridized carbons (Fsp3) is 0.424. The van der Waals surface area contributed by atoms with E-state index < -0.39 is 0 Å². The van der Waals surface area contributed by atoms with E-state index in [9.17, 15) is 0 Å². The number of aromatic nitrogens is 7. The summed E-state index contributed by atoms with van der Waals surface area (Å²) in [6.07, 6.45) is 0.910. The molecule has 0 aliphatic carbocycles. The van der Waals surface area contributed by atoms with Gasteiger partial charge in [0.15, 0.2) is 5.82 Å². The number of ether oxygens (including phenoxy) is 2. The third-order valence-electron chi connectivity index (χ3n) is 8.47. The first-order valence-corrected chi connectivity index (χ1v) is 15.8. The highest BCUT2D eigenvalue weighted by molar-refractivity contribution is 5.87. The second-order valence-electron chi connectivity index (χ2n) is 11.9. The first-order valence-electron chi connectivity index (χ1n) is 15.8. The van der Waals surface area contributed by atoms with E-state index in [-0.39, 0.29) is 0 Å². The summed E-state index contributed by atoms with van der Waals surface area (Å²) >= 11 is 0. The molecule has 0 saturated carbocycles. The molecule has 0 radical (unpaired) electrons. The zero-order valence-electron chi connectivity index (χ0n) is 26.2. The number of hydrogen-bond acceptors (Lipinski definition) is 10. The molecule has 0 bridgehead atoms. The number of anilines is 3. The highest BCUT2D eigenvalue weighted by Gasteiger charge is 2.19. The molecular formula is C33H40N10O2. The maximum absolute atomic E-state index is 5.60. The van der Waals surface area contributed by atoms with Gasteiger partial charge in [-0.3, -0.25) is 14.7 Å². The fourth-order valence-electron chi connectivity index (χ4n) is 5.83. The molecule has 0 spiro atoms. The zero-order chi connectivity index (χ0) is 30.8. The molecule has 2 aromatic carbocycles. The van der Waals surface area contributed by atoms with Gasteiger partial charge >= 0.3 is 0 Å². The van der Waals surface area contributed by atoms with Crippen molar-refractivity contribution in [2.75, 3.05) is 69.4 Å². The van der Waals surface area contributed by atoms with E-state index in [0.717, 1.165) is 97.7 Å². The molecule has 12 nitrogen and oxygen atoms in total. The Hall–Kier alpha value is -4.39. The molecule has 5 heterocycles. The smallest absolute Gasteiger partial charge is 0.228 e. The van der Waals surface area contributed by atoms with Crippen molar-refractivity contribution in [1.82, 2.24) is 39.8 Å². The fourth-order valence-corrected chi connectivity index (χ4v) is 5.83. The van der Waals surface area contributed by atoms with Gasteiger partial charge in [0.05, 0.1) is 43.3 Å². The standard InChI is InChI=1S/C33H40N10O2/c1-22(2)31-37-32(39-38-31)23-4-7-25(8-5-23)34-30-21-28(35-33(36-30)43-14-18-45-19-15-43)24-6-9-26-27(40-41(3)29(26)20-24)10-11-42-12-16-44-17-13-42/h4-9,20-22H,10-19H2,1-3H3,(H,34,35,36)(H,37,38,39). The van der Waals surface area contributed by atoms with E-state index in [0.29, 0.717) is 30.9 Å². The summed E-state index contributed by atoms with van der Waals surface area (Å²) in [6, 6.07) is 16.6. The molecule has 7 rings (SSSR count). The summed E-state index contributed by atoms with van der Waals surface area (Å²) in [6.45, 7) is 11.6. The van der Waals surface area contributed by atoms with Gasteiger partial charge in [-0.1, -0.05) is 26.0 Å². The van der Waals surface area contributed by atoms with Crippen LogP contribution in [-0.2, 0) is 22.9 Å². The number of nitrogens with one attached hydrogen (secondary N) is 2. The monoisotopic (exact) mass is 608 g/mol. The van der Waals surface area contributed by atoms with Crippen molar-refractivity contribution < 1.29 is 9.47 Å². The molecule has 3 aromatic heterocycles. The van der Waals surface area contributed by atoms with Crippen molar-refractivity contribution in [3.8, 4) is 22.6 Å². The zero-order valence-corrected chi connectivity index (χ0v) is 26.2. The molecule has 2 fully saturated rings. The second-order valence-corrected chi connectivity index (χ2v) is 11.9. The number of rotatable bonds is 9. The Labute approximate surface area is 262 Å². The number of H-pyrrole nitrogens is 1. The van der Waals surface area contributed by atoms with Gasteiger partial charge in [0.25, 0.3) is 0 Å². The predicted octanol–water partition coefficient (Wildman–Crippen LogP) is 4.39. The molecule has 234 valence electrons. The van der Waals surface area contributed by atoms with Gasteiger partial charge in [0.2, 0.25) is 5.95 Å². The van der Waals surface area contributed by atoms with Crippen molar-refractivity contribution in [2.24, 2.45) is 7.05 Å². The number of morpholine rings is 2. The third-order valence-corrected chi connectivity index (χ3v) is 8.47. The molecule has 2 N–H and O–H groups in total. The van der Waals surface area contributed by atoms with Gasteiger partial charge in [-0.25, -0.2) is 9.97 Å². The summed E-state index contributed by atoms with van der Waals surface area (Å²) in [5, 5.41) is 17.0. The summed E-state index contributed by atoms with van der Waals surface area (Å²) in [4.78, 5) is 19.2. The van der Waals surface area contributed by atoms with Crippen molar-refractivity contribution in [2.45, 2.75) is 26.2 Å². The van der Waals surface area contributed by atoms with Crippen molar-refractivity contribution in [1.29, 1.82) is 0 Å². The number of benzene rings is 2. The molecule has 2 saturated heterocycles. The van der Waals surface area contributed by atoms with Crippen LogP contribution in [0.1, 0.15) is 31.3 Å². The molecule has 2 aliphatic rings. The van der Waals surface area contributed by atoms with Crippen LogP contribution in [0.15, 0.2) is 48.5 Å². The molecular weight excluding hydrogens is 568 g/mol. The van der Waals surface area contributed by atoms with E-state index >= 15 is 0 Å². The average molecular weight is 609 g/mol. The molecule has 0 unspecified atom stereocenters. The van der Waals surface area contributed by atoms with E-state index in [1.165, 1.54) is 5.39 Å². The summed E-state index contributed by atoms with van der Waals surface area (Å²) < 4.78 is 13.1. The Morgan fingerprint density at radius 1 is 0.867 bits per heavy atom. The van der Waals surface area contributed by atoms with E-state index in [4.69, 9.17) is 24.5 Å². The number of hydrogen-bond donors (Lipinski definition) is 2. The van der Waals surface area contributed by atoms with Crippen LogP contribution in [-0.4, -0.2) is 99.0 Å². The van der Waals surface area contributed by atoms with Crippen LogP contribution in [0, 0.1) is 0 Å².